The van der Waals surface area contributed by atoms with Crippen LogP contribution in [0.1, 0.15) is 25.7 Å². The summed E-state index contributed by atoms with van der Waals surface area (Å²) < 4.78 is 57.0. The fourth-order valence-corrected chi connectivity index (χ4v) is 7.64. The molecule has 0 aromatic carbocycles. The second-order valence-electron chi connectivity index (χ2n) is 8.36. The van der Waals surface area contributed by atoms with Gasteiger partial charge in [0.15, 0.2) is 12.5 Å². The number of carbonyl (C=O) groups excluding carboxylic acids is 2. The van der Waals surface area contributed by atoms with Crippen LogP contribution in [-0.4, -0.2) is 77.3 Å². The Hall–Kier alpha value is -1.24. The Bertz CT molecular complexity index is 796. The first-order valence-corrected chi connectivity index (χ1v) is 13.0. The van der Waals surface area contributed by atoms with E-state index >= 15 is 0 Å². The highest BCUT2D eigenvalue weighted by Gasteiger charge is 2.54. The van der Waals surface area contributed by atoms with Gasteiger partial charge in [-0.3, -0.25) is 10.6 Å². The summed E-state index contributed by atoms with van der Waals surface area (Å²) in [7, 11) is -6.09. The molecule has 4 aliphatic heterocycles. The second-order valence-corrected chi connectivity index (χ2v) is 13.0. The Balaban J connectivity index is 1.31. The molecule has 0 aliphatic carbocycles. The Morgan fingerprint density at radius 2 is 1.00 bits per heavy atom. The van der Waals surface area contributed by atoms with Crippen molar-refractivity contribution in [2.24, 2.45) is 10.8 Å². The van der Waals surface area contributed by atoms with Crippen molar-refractivity contribution in [3.8, 4) is 0 Å². The standard InChI is InChI=1S/C16H24N2O8S2/c19-11(25-13-15(9-17-13)1-5-27(21,22)6-2-15)12(20)26-14-16(10-18-14)3-7-28(23,24)8-4-16/h13-14,17-18H,1-10H2. The van der Waals surface area contributed by atoms with Gasteiger partial charge < -0.3 is 9.47 Å². The maximum atomic E-state index is 12.2. The summed E-state index contributed by atoms with van der Waals surface area (Å²) >= 11 is 0. The number of ether oxygens (including phenoxy) is 2. The molecule has 0 amide bonds. The van der Waals surface area contributed by atoms with E-state index in [9.17, 15) is 26.4 Å². The predicted molar refractivity (Wildman–Crippen MR) is 96.4 cm³/mol. The number of hydrogen-bond acceptors (Lipinski definition) is 10. The van der Waals surface area contributed by atoms with Crippen LogP contribution in [0.25, 0.3) is 0 Å². The molecular formula is C16H24N2O8S2. The smallest absolute Gasteiger partial charge is 0.419 e. The first-order chi connectivity index (χ1) is 13.1. The van der Waals surface area contributed by atoms with Gasteiger partial charge in [-0.2, -0.15) is 0 Å². The van der Waals surface area contributed by atoms with Crippen molar-refractivity contribution < 1.29 is 35.9 Å². The highest BCUT2D eigenvalue weighted by molar-refractivity contribution is 7.91. The molecule has 4 saturated heterocycles. The number of hydrogen-bond donors (Lipinski definition) is 2. The van der Waals surface area contributed by atoms with Crippen LogP contribution < -0.4 is 10.6 Å². The van der Waals surface area contributed by atoms with Crippen LogP contribution in [-0.2, 0) is 38.7 Å². The van der Waals surface area contributed by atoms with E-state index < -0.39 is 54.9 Å². The molecule has 2 unspecified atom stereocenters. The molecule has 2 atom stereocenters. The van der Waals surface area contributed by atoms with Gasteiger partial charge in [-0.1, -0.05) is 0 Å². The molecule has 0 radical (unpaired) electrons. The van der Waals surface area contributed by atoms with Crippen molar-refractivity contribution in [1.29, 1.82) is 0 Å². The molecule has 10 nitrogen and oxygen atoms in total. The van der Waals surface area contributed by atoms with Crippen LogP contribution >= 0.6 is 0 Å². The molecule has 158 valence electrons. The molecular weight excluding hydrogens is 412 g/mol. The SMILES string of the molecule is O=C(OC1NCC12CCS(=O)(=O)CC2)C(=O)OC1NCC12CCS(=O)(=O)CC2. The van der Waals surface area contributed by atoms with E-state index in [1.54, 1.807) is 0 Å². The van der Waals surface area contributed by atoms with Gasteiger partial charge in [0.25, 0.3) is 0 Å². The van der Waals surface area contributed by atoms with Gasteiger partial charge >= 0.3 is 11.9 Å². The Kier molecular flexibility index (Phi) is 4.76. The maximum absolute atomic E-state index is 12.2. The van der Waals surface area contributed by atoms with Gasteiger partial charge in [-0.05, 0) is 25.7 Å². The number of rotatable bonds is 2. The lowest BCUT2D eigenvalue weighted by Crippen LogP contribution is -2.67. The van der Waals surface area contributed by atoms with Crippen molar-refractivity contribution in [1.82, 2.24) is 10.6 Å². The first kappa shape index (κ1) is 20.0. The van der Waals surface area contributed by atoms with E-state index in [0.717, 1.165) is 0 Å². The summed E-state index contributed by atoms with van der Waals surface area (Å²) in [5.74, 6) is -2.07. The monoisotopic (exact) mass is 436 g/mol. The minimum absolute atomic E-state index is 0.0462. The molecule has 0 aromatic rings. The summed E-state index contributed by atoms with van der Waals surface area (Å²) in [4.78, 5) is 24.3. The van der Waals surface area contributed by atoms with Crippen LogP contribution in [0.15, 0.2) is 0 Å². The average molecular weight is 437 g/mol. The van der Waals surface area contributed by atoms with Crippen LogP contribution in [0, 0.1) is 10.8 Å². The third-order valence-electron chi connectivity index (χ3n) is 6.65. The van der Waals surface area contributed by atoms with Crippen LogP contribution in [0.2, 0.25) is 0 Å². The van der Waals surface area contributed by atoms with Crippen molar-refractivity contribution in [2.75, 3.05) is 36.1 Å². The average Bonchev–Trinajstić information content (AvgIpc) is 2.62. The predicted octanol–water partition coefficient (Wildman–Crippen LogP) is -1.68. The highest BCUT2D eigenvalue weighted by atomic mass is 32.2. The first-order valence-electron chi connectivity index (χ1n) is 9.34. The third kappa shape index (κ3) is 3.55. The highest BCUT2D eigenvalue weighted by Crippen LogP contribution is 2.43. The number of esters is 2. The van der Waals surface area contributed by atoms with Gasteiger partial charge in [0, 0.05) is 23.9 Å². The lowest BCUT2D eigenvalue weighted by atomic mass is 9.74. The Morgan fingerprint density at radius 1 is 0.679 bits per heavy atom. The zero-order valence-corrected chi connectivity index (χ0v) is 16.9. The number of nitrogens with one attached hydrogen (secondary N) is 2. The zero-order valence-electron chi connectivity index (χ0n) is 15.3. The molecule has 0 aromatic heterocycles. The molecule has 4 fully saturated rings. The summed E-state index contributed by atoms with van der Waals surface area (Å²) in [5, 5.41) is 5.88. The van der Waals surface area contributed by atoms with E-state index in [1.165, 1.54) is 0 Å². The molecule has 0 bridgehead atoms. The van der Waals surface area contributed by atoms with Gasteiger partial charge in [0.2, 0.25) is 0 Å². The topological polar surface area (TPSA) is 145 Å². The van der Waals surface area contributed by atoms with Gasteiger partial charge in [0.1, 0.15) is 19.7 Å². The van der Waals surface area contributed by atoms with Crippen LogP contribution in [0.5, 0.6) is 0 Å². The van der Waals surface area contributed by atoms with Gasteiger partial charge in [-0.25, -0.2) is 26.4 Å². The van der Waals surface area contributed by atoms with Gasteiger partial charge in [-0.15, -0.1) is 0 Å². The van der Waals surface area contributed by atoms with Crippen LogP contribution in [0.3, 0.4) is 0 Å². The lowest BCUT2D eigenvalue weighted by molar-refractivity contribution is -0.198. The van der Waals surface area contributed by atoms with E-state index in [0.29, 0.717) is 38.8 Å². The molecule has 12 heteroatoms. The van der Waals surface area contributed by atoms with Crippen molar-refractivity contribution >= 4 is 31.6 Å². The summed E-state index contributed by atoms with van der Waals surface area (Å²) in [5.41, 5.74) is -0.899. The van der Waals surface area contributed by atoms with Crippen LogP contribution in [0.4, 0.5) is 0 Å². The normalized spacial score (nSPS) is 34.0. The van der Waals surface area contributed by atoms with Crippen molar-refractivity contribution in [3.63, 3.8) is 0 Å². The largest absolute Gasteiger partial charge is 0.437 e. The number of sulfone groups is 2. The molecule has 2 N–H and O–H groups in total. The molecule has 4 heterocycles. The third-order valence-corrected chi connectivity index (χ3v) is 9.96. The molecule has 0 saturated carbocycles. The fourth-order valence-electron chi connectivity index (χ4n) is 4.36. The van der Waals surface area contributed by atoms with E-state index in [1.807, 2.05) is 0 Å². The maximum Gasteiger partial charge on any atom is 0.419 e. The minimum atomic E-state index is -3.05. The Morgan fingerprint density at radius 3 is 1.25 bits per heavy atom. The lowest BCUT2D eigenvalue weighted by Gasteiger charge is -2.51. The zero-order chi connectivity index (χ0) is 20.2. The Labute approximate surface area is 163 Å². The van der Waals surface area contributed by atoms with Gasteiger partial charge in [0.05, 0.1) is 23.0 Å². The fraction of sp³-hybridized carbons (Fsp3) is 0.875. The quantitative estimate of drug-likeness (QED) is 0.380. The second kappa shape index (κ2) is 6.64. The molecule has 4 aliphatic rings. The molecule has 4 rings (SSSR count). The minimum Gasteiger partial charge on any atom is -0.437 e. The number of carbonyl (C=O) groups is 2. The van der Waals surface area contributed by atoms with E-state index in [2.05, 4.69) is 10.6 Å². The van der Waals surface area contributed by atoms with Crippen molar-refractivity contribution in [2.45, 2.75) is 38.1 Å². The molecule has 28 heavy (non-hydrogen) atoms. The van der Waals surface area contributed by atoms with E-state index in [4.69, 9.17) is 9.47 Å². The van der Waals surface area contributed by atoms with E-state index in [-0.39, 0.29) is 23.0 Å². The summed E-state index contributed by atoms with van der Waals surface area (Å²) in [6.45, 7) is 1.08. The van der Waals surface area contributed by atoms with Crippen molar-refractivity contribution in [3.05, 3.63) is 0 Å². The molecule has 2 spiro atoms. The summed E-state index contributed by atoms with van der Waals surface area (Å²) in [6.07, 6.45) is 0.139. The summed E-state index contributed by atoms with van der Waals surface area (Å²) in [6, 6.07) is 0.